The second-order valence-electron chi connectivity index (χ2n) is 6.04. The zero-order chi connectivity index (χ0) is 19.8. The summed E-state index contributed by atoms with van der Waals surface area (Å²) >= 11 is 12.0. The van der Waals surface area contributed by atoms with Crippen LogP contribution >= 0.6 is 23.2 Å². The minimum absolute atomic E-state index is 0.163. The molecule has 7 heteroatoms. The maximum atomic E-state index is 11.8. The molecular formula is C20H21Cl2NO4. The molecule has 2 aromatic carbocycles. The maximum absolute atomic E-state index is 11.8. The van der Waals surface area contributed by atoms with Crippen LogP contribution in [0, 0.1) is 13.8 Å². The van der Waals surface area contributed by atoms with E-state index in [4.69, 9.17) is 32.7 Å². The van der Waals surface area contributed by atoms with Crippen LogP contribution in [0.3, 0.4) is 0 Å². The van der Waals surface area contributed by atoms with Crippen molar-refractivity contribution in [3.05, 3.63) is 57.6 Å². The SMILES string of the molecule is Cc1cc(OCCCC(=O)OCC(=O)Nc2ccc(C)c(Cl)c2)ccc1Cl. The highest BCUT2D eigenvalue weighted by molar-refractivity contribution is 6.31. The lowest BCUT2D eigenvalue weighted by Gasteiger charge is -2.09. The number of nitrogens with one attached hydrogen (secondary N) is 1. The van der Waals surface area contributed by atoms with E-state index in [2.05, 4.69) is 5.32 Å². The lowest BCUT2D eigenvalue weighted by atomic mass is 10.2. The fraction of sp³-hybridized carbons (Fsp3) is 0.300. The van der Waals surface area contributed by atoms with Crippen molar-refractivity contribution in [3.8, 4) is 5.75 Å². The van der Waals surface area contributed by atoms with Crippen molar-refractivity contribution < 1.29 is 19.1 Å². The molecule has 0 bridgehead atoms. The number of ether oxygens (including phenoxy) is 2. The first kappa shape index (κ1) is 21.1. The third-order valence-electron chi connectivity index (χ3n) is 3.74. The van der Waals surface area contributed by atoms with Crippen LogP contribution in [-0.4, -0.2) is 25.1 Å². The quantitative estimate of drug-likeness (QED) is 0.494. The smallest absolute Gasteiger partial charge is 0.306 e. The Morgan fingerprint density at radius 1 is 1.00 bits per heavy atom. The lowest BCUT2D eigenvalue weighted by molar-refractivity contribution is -0.147. The van der Waals surface area contributed by atoms with Gasteiger partial charge in [-0.1, -0.05) is 29.3 Å². The molecule has 0 heterocycles. The van der Waals surface area contributed by atoms with Gasteiger partial charge >= 0.3 is 5.97 Å². The summed E-state index contributed by atoms with van der Waals surface area (Å²) in [4.78, 5) is 23.5. The number of carbonyl (C=O) groups is 2. The van der Waals surface area contributed by atoms with Gasteiger partial charge in [-0.2, -0.15) is 0 Å². The number of rotatable bonds is 8. The summed E-state index contributed by atoms with van der Waals surface area (Å²) in [6.45, 7) is 3.78. The van der Waals surface area contributed by atoms with Crippen LogP contribution < -0.4 is 10.1 Å². The first-order valence-electron chi connectivity index (χ1n) is 8.45. The molecule has 0 fully saturated rings. The first-order chi connectivity index (χ1) is 12.8. The topological polar surface area (TPSA) is 64.6 Å². The monoisotopic (exact) mass is 409 g/mol. The Kier molecular flexibility index (Phi) is 7.95. The highest BCUT2D eigenvalue weighted by Crippen LogP contribution is 2.21. The number of halogens is 2. The molecule has 1 N–H and O–H groups in total. The Hall–Kier alpha value is -2.24. The van der Waals surface area contributed by atoms with Gasteiger partial charge in [0, 0.05) is 22.2 Å². The van der Waals surface area contributed by atoms with Gasteiger partial charge in [0.25, 0.3) is 5.91 Å². The van der Waals surface area contributed by atoms with E-state index in [1.165, 1.54) is 0 Å². The summed E-state index contributed by atoms with van der Waals surface area (Å²) in [6, 6.07) is 10.5. The second-order valence-corrected chi connectivity index (χ2v) is 6.85. The van der Waals surface area contributed by atoms with Crippen LogP contribution in [0.4, 0.5) is 5.69 Å². The van der Waals surface area contributed by atoms with Crippen molar-refractivity contribution in [3.63, 3.8) is 0 Å². The van der Waals surface area contributed by atoms with Gasteiger partial charge < -0.3 is 14.8 Å². The summed E-state index contributed by atoms with van der Waals surface area (Å²) in [5.41, 5.74) is 2.39. The van der Waals surface area contributed by atoms with Crippen LogP contribution in [0.5, 0.6) is 5.75 Å². The molecule has 0 saturated heterocycles. The zero-order valence-corrected chi connectivity index (χ0v) is 16.7. The number of hydrogen-bond acceptors (Lipinski definition) is 4. The Labute approximate surface area is 168 Å². The minimum Gasteiger partial charge on any atom is -0.494 e. The number of amides is 1. The molecule has 1 amide bonds. The van der Waals surface area contributed by atoms with E-state index in [1.807, 2.05) is 19.9 Å². The van der Waals surface area contributed by atoms with Gasteiger partial charge in [0.1, 0.15) is 5.75 Å². The van der Waals surface area contributed by atoms with E-state index in [0.29, 0.717) is 34.5 Å². The van der Waals surface area contributed by atoms with Crippen molar-refractivity contribution in [2.75, 3.05) is 18.5 Å². The van der Waals surface area contributed by atoms with E-state index in [9.17, 15) is 9.59 Å². The van der Waals surface area contributed by atoms with Gasteiger partial charge in [0.15, 0.2) is 6.61 Å². The predicted molar refractivity (Wildman–Crippen MR) is 107 cm³/mol. The molecule has 0 aliphatic rings. The van der Waals surface area contributed by atoms with E-state index < -0.39 is 11.9 Å². The molecule has 0 aliphatic heterocycles. The predicted octanol–water partition coefficient (Wildman–Crippen LogP) is 4.95. The van der Waals surface area contributed by atoms with E-state index in [-0.39, 0.29) is 13.0 Å². The summed E-state index contributed by atoms with van der Waals surface area (Å²) in [7, 11) is 0. The molecular weight excluding hydrogens is 389 g/mol. The molecule has 0 atom stereocenters. The van der Waals surface area contributed by atoms with E-state index >= 15 is 0 Å². The van der Waals surface area contributed by atoms with Crippen molar-refractivity contribution in [1.82, 2.24) is 0 Å². The number of anilines is 1. The average Bonchev–Trinajstić information content (AvgIpc) is 2.63. The van der Waals surface area contributed by atoms with Gasteiger partial charge in [0.2, 0.25) is 0 Å². The number of benzene rings is 2. The molecule has 0 saturated carbocycles. The maximum Gasteiger partial charge on any atom is 0.306 e. The molecule has 0 spiro atoms. The van der Waals surface area contributed by atoms with Crippen LogP contribution in [0.1, 0.15) is 24.0 Å². The van der Waals surface area contributed by atoms with Crippen LogP contribution in [0.2, 0.25) is 10.0 Å². The molecule has 144 valence electrons. The van der Waals surface area contributed by atoms with Crippen molar-refractivity contribution in [1.29, 1.82) is 0 Å². The molecule has 5 nitrogen and oxygen atoms in total. The summed E-state index contributed by atoms with van der Waals surface area (Å²) in [5, 5.41) is 3.86. The number of hydrogen-bond donors (Lipinski definition) is 1. The highest BCUT2D eigenvalue weighted by atomic mass is 35.5. The molecule has 0 radical (unpaired) electrons. The normalized spacial score (nSPS) is 10.4. The second kappa shape index (κ2) is 10.2. The van der Waals surface area contributed by atoms with Gasteiger partial charge in [-0.15, -0.1) is 0 Å². The van der Waals surface area contributed by atoms with Crippen LogP contribution in [0.15, 0.2) is 36.4 Å². The van der Waals surface area contributed by atoms with Crippen LogP contribution in [-0.2, 0) is 14.3 Å². The van der Waals surface area contributed by atoms with E-state index in [0.717, 1.165) is 11.1 Å². The Balaban J connectivity index is 1.64. The highest BCUT2D eigenvalue weighted by Gasteiger charge is 2.09. The van der Waals surface area contributed by atoms with E-state index in [1.54, 1.807) is 30.3 Å². The molecule has 2 aromatic rings. The number of esters is 1. The van der Waals surface area contributed by atoms with Gasteiger partial charge in [0.05, 0.1) is 6.61 Å². The molecule has 0 unspecified atom stereocenters. The Morgan fingerprint density at radius 3 is 2.48 bits per heavy atom. The average molecular weight is 410 g/mol. The van der Waals surface area contributed by atoms with Crippen LogP contribution in [0.25, 0.3) is 0 Å². The third-order valence-corrected chi connectivity index (χ3v) is 4.57. The summed E-state index contributed by atoms with van der Waals surface area (Å²) in [6.07, 6.45) is 0.645. The minimum atomic E-state index is -0.456. The Bertz CT molecular complexity index is 824. The zero-order valence-electron chi connectivity index (χ0n) is 15.2. The fourth-order valence-electron chi connectivity index (χ4n) is 2.20. The standard InChI is InChI=1S/C20H21Cl2NO4/c1-13-5-6-15(11-18(13)22)23-19(24)12-27-20(25)4-3-9-26-16-7-8-17(21)14(2)10-16/h5-8,10-11H,3-4,9,12H2,1-2H3,(H,23,24). The number of carbonyl (C=O) groups excluding carboxylic acids is 2. The van der Waals surface area contributed by atoms with Crippen molar-refractivity contribution >= 4 is 40.8 Å². The largest absolute Gasteiger partial charge is 0.494 e. The summed E-state index contributed by atoms with van der Waals surface area (Å²) in [5.74, 6) is -0.180. The fourth-order valence-corrected chi connectivity index (χ4v) is 2.50. The van der Waals surface area contributed by atoms with Gasteiger partial charge in [-0.3, -0.25) is 9.59 Å². The molecule has 27 heavy (non-hydrogen) atoms. The van der Waals surface area contributed by atoms with Crippen molar-refractivity contribution in [2.45, 2.75) is 26.7 Å². The molecule has 0 aromatic heterocycles. The third kappa shape index (κ3) is 7.12. The molecule has 0 aliphatic carbocycles. The first-order valence-corrected chi connectivity index (χ1v) is 9.21. The number of aryl methyl sites for hydroxylation is 2. The summed E-state index contributed by atoms with van der Waals surface area (Å²) < 4.78 is 10.5. The van der Waals surface area contributed by atoms with Crippen molar-refractivity contribution in [2.24, 2.45) is 0 Å². The van der Waals surface area contributed by atoms with Gasteiger partial charge in [-0.25, -0.2) is 0 Å². The Morgan fingerprint density at radius 2 is 1.78 bits per heavy atom. The van der Waals surface area contributed by atoms with Gasteiger partial charge in [-0.05, 0) is 61.7 Å². The molecule has 2 rings (SSSR count). The lowest BCUT2D eigenvalue weighted by Crippen LogP contribution is -2.21.